The van der Waals surface area contributed by atoms with Crippen LogP contribution in [0.3, 0.4) is 0 Å². The number of carbonyl (C=O) groups is 1. The smallest absolute Gasteiger partial charge is 0.339 e. The highest BCUT2D eigenvalue weighted by atomic mass is 16.4. The van der Waals surface area contributed by atoms with E-state index in [0.717, 1.165) is 0 Å². The summed E-state index contributed by atoms with van der Waals surface area (Å²) in [5, 5.41) is 20.5. The number of nitriles is 1. The molecule has 2 rings (SSSR count). The van der Waals surface area contributed by atoms with E-state index >= 15 is 0 Å². The number of hydrogen-bond donors (Lipinski definition) is 2. The van der Waals surface area contributed by atoms with Crippen LogP contribution in [0.1, 0.15) is 27.4 Å². The van der Waals surface area contributed by atoms with Crippen LogP contribution in [0.15, 0.2) is 28.8 Å². The fourth-order valence-corrected chi connectivity index (χ4v) is 1.59. The summed E-state index contributed by atoms with van der Waals surface area (Å²) in [6, 6.07) is 6.77. The summed E-state index contributed by atoms with van der Waals surface area (Å²) in [6.45, 7) is 1.93. The van der Waals surface area contributed by atoms with E-state index in [1.54, 1.807) is 19.1 Å². The van der Waals surface area contributed by atoms with E-state index in [0.29, 0.717) is 29.4 Å². The molecule has 0 amide bonds. The Bertz CT molecular complexity index is 638. The summed E-state index contributed by atoms with van der Waals surface area (Å²) in [5.74, 6) is 0.465. The SMILES string of the molecule is Cc1oc(CNc2ccc(C#N)cn2)cc1C(=O)O. The predicted molar refractivity (Wildman–Crippen MR) is 66.7 cm³/mol. The highest BCUT2D eigenvalue weighted by molar-refractivity contribution is 5.88. The Morgan fingerprint density at radius 1 is 1.58 bits per heavy atom. The van der Waals surface area contributed by atoms with Gasteiger partial charge in [-0.3, -0.25) is 0 Å². The van der Waals surface area contributed by atoms with Crippen LogP contribution in [-0.4, -0.2) is 16.1 Å². The monoisotopic (exact) mass is 257 g/mol. The average molecular weight is 257 g/mol. The van der Waals surface area contributed by atoms with Crippen LogP contribution in [0.5, 0.6) is 0 Å². The minimum Gasteiger partial charge on any atom is -0.478 e. The van der Waals surface area contributed by atoms with Crippen molar-refractivity contribution >= 4 is 11.8 Å². The van der Waals surface area contributed by atoms with Crippen molar-refractivity contribution in [2.75, 3.05) is 5.32 Å². The molecule has 0 aromatic carbocycles. The molecule has 6 nitrogen and oxygen atoms in total. The van der Waals surface area contributed by atoms with E-state index in [4.69, 9.17) is 14.8 Å². The van der Waals surface area contributed by atoms with Gasteiger partial charge in [-0.2, -0.15) is 5.26 Å². The number of aryl methyl sites for hydroxylation is 1. The van der Waals surface area contributed by atoms with Gasteiger partial charge in [0.2, 0.25) is 0 Å². The molecule has 0 fully saturated rings. The number of aromatic carboxylic acids is 1. The number of hydrogen-bond acceptors (Lipinski definition) is 5. The van der Waals surface area contributed by atoms with Crippen molar-refractivity contribution in [1.82, 2.24) is 4.98 Å². The van der Waals surface area contributed by atoms with Crippen molar-refractivity contribution in [1.29, 1.82) is 5.26 Å². The minimum atomic E-state index is -1.01. The number of nitrogens with one attached hydrogen (secondary N) is 1. The van der Waals surface area contributed by atoms with E-state index in [2.05, 4.69) is 10.3 Å². The van der Waals surface area contributed by atoms with Gasteiger partial charge in [-0.1, -0.05) is 0 Å². The molecule has 0 spiro atoms. The number of rotatable bonds is 4. The summed E-state index contributed by atoms with van der Waals surface area (Å²) in [6.07, 6.45) is 1.46. The van der Waals surface area contributed by atoms with Crippen LogP contribution < -0.4 is 5.32 Å². The van der Waals surface area contributed by atoms with Crippen LogP contribution >= 0.6 is 0 Å². The Kier molecular flexibility index (Phi) is 3.48. The topological polar surface area (TPSA) is 99.2 Å². The molecule has 19 heavy (non-hydrogen) atoms. The lowest BCUT2D eigenvalue weighted by molar-refractivity contribution is 0.0695. The van der Waals surface area contributed by atoms with Gasteiger partial charge in [0.15, 0.2) is 0 Å². The lowest BCUT2D eigenvalue weighted by atomic mass is 10.2. The zero-order valence-corrected chi connectivity index (χ0v) is 10.2. The Hall–Kier alpha value is -2.81. The Morgan fingerprint density at radius 2 is 2.37 bits per heavy atom. The molecule has 96 valence electrons. The van der Waals surface area contributed by atoms with Crippen LogP contribution in [0.25, 0.3) is 0 Å². The largest absolute Gasteiger partial charge is 0.478 e. The molecule has 2 N–H and O–H groups in total. The van der Waals surface area contributed by atoms with E-state index in [1.165, 1.54) is 12.3 Å². The van der Waals surface area contributed by atoms with Crippen LogP contribution in [-0.2, 0) is 6.54 Å². The number of nitrogens with zero attached hydrogens (tertiary/aromatic N) is 2. The van der Waals surface area contributed by atoms with Crippen LogP contribution in [0, 0.1) is 18.3 Å². The molecule has 0 saturated carbocycles. The number of pyridine rings is 1. The Labute approximate surface area is 109 Å². The third kappa shape index (κ3) is 2.90. The van der Waals surface area contributed by atoms with Crippen molar-refractivity contribution in [3.05, 3.63) is 47.0 Å². The maximum absolute atomic E-state index is 10.9. The lowest BCUT2D eigenvalue weighted by Gasteiger charge is -2.02. The van der Waals surface area contributed by atoms with E-state index < -0.39 is 5.97 Å². The van der Waals surface area contributed by atoms with Gasteiger partial charge < -0.3 is 14.8 Å². The fourth-order valence-electron chi connectivity index (χ4n) is 1.59. The second kappa shape index (κ2) is 5.23. The van der Waals surface area contributed by atoms with E-state index in [-0.39, 0.29) is 5.56 Å². The first-order valence-corrected chi connectivity index (χ1v) is 5.53. The quantitative estimate of drug-likeness (QED) is 0.870. The Morgan fingerprint density at radius 3 is 2.89 bits per heavy atom. The zero-order chi connectivity index (χ0) is 13.8. The molecule has 6 heteroatoms. The fraction of sp³-hybridized carbons (Fsp3) is 0.154. The number of furan rings is 1. The van der Waals surface area contributed by atoms with Gasteiger partial charge in [0.25, 0.3) is 0 Å². The third-order valence-electron chi connectivity index (χ3n) is 2.54. The van der Waals surface area contributed by atoms with Gasteiger partial charge in [-0.15, -0.1) is 0 Å². The van der Waals surface area contributed by atoms with Gasteiger partial charge in [0, 0.05) is 6.20 Å². The molecular weight excluding hydrogens is 246 g/mol. The van der Waals surface area contributed by atoms with Crippen molar-refractivity contribution < 1.29 is 14.3 Å². The second-order valence-electron chi connectivity index (χ2n) is 3.89. The standard InChI is InChI=1S/C13H11N3O3/c1-8-11(13(17)18)4-10(19-8)7-16-12-3-2-9(5-14)6-15-12/h2-4,6H,7H2,1H3,(H,15,16)(H,17,18). The first-order valence-electron chi connectivity index (χ1n) is 5.53. The van der Waals surface area contributed by atoms with Gasteiger partial charge in [-0.25, -0.2) is 9.78 Å². The number of aromatic nitrogens is 1. The molecule has 0 aliphatic carbocycles. The second-order valence-corrected chi connectivity index (χ2v) is 3.89. The van der Waals surface area contributed by atoms with E-state index in [1.807, 2.05) is 6.07 Å². The summed E-state index contributed by atoms with van der Waals surface area (Å²) < 4.78 is 5.32. The van der Waals surface area contributed by atoms with Gasteiger partial charge >= 0.3 is 5.97 Å². The van der Waals surface area contributed by atoms with Crippen LogP contribution in [0.2, 0.25) is 0 Å². The molecular formula is C13H11N3O3. The average Bonchev–Trinajstić information content (AvgIpc) is 2.78. The normalized spacial score (nSPS) is 9.89. The molecule has 0 radical (unpaired) electrons. The maximum atomic E-state index is 10.9. The summed E-state index contributed by atoms with van der Waals surface area (Å²) in [4.78, 5) is 14.9. The van der Waals surface area contributed by atoms with Gasteiger partial charge in [0.05, 0.1) is 12.1 Å². The molecule has 0 aliphatic rings. The molecule has 2 aromatic heterocycles. The maximum Gasteiger partial charge on any atom is 0.339 e. The summed E-state index contributed by atoms with van der Waals surface area (Å²) in [7, 11) is 0. The lowest BCUT2D eigenvalue weighted by Crippen LogP contribution is -2.00. The first kappa shape index (κ1) is 12.6. The Balaban J connectivity index is 2.04. The van der Waals surface area contributed by atoms with Crippen molar-refractivity contribution in [3.63, 3.8) is 0 Å². The highest BCUT2D eigenvalue weighted by Gasteiger charge is 2.13. The molecule has 0 bridgehead atoms. The molecule has 2 aromatic rings. The van der Waals surface area contributed by atoms with Crippen molar-refractivity contribution in [3.8, 4) is 6.07 Å². The first-order chi connectivity index (χ1) is 9.10. The van der Waals surface area contributed by atoms with Gasteiger partial charge in [-0.05, 0) is 25.1 Å². The summed E-state index contributed by atoms with van der Waals surface area (Å²) >= 11 is 0. The zero-order valence-electron chi connectivity index (χ0n) is 10.2. The summed E-state index contributed by atoms with van der Waals surface area (Å²) in [5.41, 5.74) is 0.636. The van der Waals surface area contributed by atoms with E-state index in [9.17, 15) is 4.79 Å². The number of carboxylic acid groups (broad SMARTS) is 1. The van der Waals surface area contributed by atoms with Crippen molar-refractivity contribution in [2.45, 2.75) is 13.5 Å². The van der Waals surface area contributed by atoms with Gasteiger partial charge in [0.1, 0.15) is 29.0 Å². The van der Waals surface area contributed by atoms with Crippen molar-refractivity contribution in [2.24, 2.45) is 0 Å². The predicted octanol–water partition coefficient (Wildman–Crippen LogP) is 2.16. The van der Waals surface area contributed by atoms with Crippen LogP contribution in [0.4, 0.5) is 5.82 Å². The molecule has 0 atom stereocenters. The molecule has 0 saturated heterocycles. The molecule has 0 aliphatic heterocycles. The highest BCUT2D eigenvalue weighted by Crippen LogP contribution is 2.15. The minimum absolute atomic E-state index is 0.157. The number of carboxylic acids is 1. The molecule has 0 unspecified atom stereocenters. The number of anilines is 1. The molecule has 2 heterocycles. The third-order valence-corrected chi connectivity index (χ3v) is 2.54.